The molecule has 2 rings (SSSR count). The summed E-state index contributed by atoms with van der Waals surface area (Å²) in [5.74, 6) is -0.726. The maximum Gasteiger partial charge on any atom is 0.313 e. The van der Waals surface area contributed by atoms with Gasteiger partial charge in [-0.3, -0.25) is 9.59 Å². The molecule has 5 heteroatoms. The molecule has 0 aromatic heterocycles. The van der Waals surface area contributed by atoms with E-state index in [4.69, 9.17) is 4.74 Å². The number of methoxy groups -OCH3 is 1. The summed E-state index contributed by atoms with van der Waals surface area (Å²) >= 11 is 0. The van der Waals surface area contributed by atoms with Gasteiger partial charge >= 0.3 is 5.97 Å². The number of nitrogens with zero attached hydrogens (tertiary/aromatic N) is 1. The van der Waals surface area contributed by atoms with Crippen LogP contribution in [0.5, 0.6) is 0 Å². The van der Waals surface area contributed by atoms with E-state index >= 15 is 0 Å². The second-order valence-electron chi connectivity index (χ2n) is 4.29. The van der Waals surface area contributed by atoms with Gasteiger partial charge in [-0.15, -0.1) is 0 Å². The van der Waals surface area contributed by atoms with E-state index in [0.717, 1.165) is 18.8 Å². The number of esters is 1. The molecule has 1 aliphatic heterocycles. The van der Waals surface area contributed by atoms with E-state index < -0.39 is 5.97 Å². The van der Waals surface area contributed by atoms with Gasteiger partial charge in [0.2, 0.25) is 0 Å². The van der Waals surface area contributed by atoms with Crippen molar-refractivity contribution in [1.82, 2.24) is 0 Å². The molecule has 0 saturated carbocycles. The summed E-state index contributed by atoms with van der Waals surface area (Å²) in [6.07, 6.45) is -0.224. The van der Waals surface area contributed by atoms with Crippen LogP contribution in [0, 0.1) is 0 Å². The zero-order valence-electron chi connectivity index (χ0n) is 10.9. The van der Waals surface area contributed by atoms with Crippen LogP contribution in [0.2, 0.25) is 0 Å². The van der Waals surface area contributed by atoms with E-state index in [-0.39, 0.29) is 12.2 Å². The number of anilines is 1. The molecule has 1 aromatic carbocycles. The number of ketones is 1. The van der Waals surface area contributed by atoms with E-state index in [1.165, 1.54) is 7.11 Å². The van der Waals surface area contributed by atoms with Crippen LogP contribution in [0.4, 0.5) is 5.69 Å². The van der Waals surface area contributed by atoms with Gasteiger partial charge < -0.3 is 14.4 Å². The van der Waals surface area contributed by atoms with Crippen molar-refractivity contribution in [3.8, 4) is 0 Å². The van der Waals surface area contributed by atoms with Crippen LogP contribution >= 0.6 is 0 Å². The van der Waals surface area contributed by atoms with E-state index in [1.54, 1.807) is 12.1 Å². The highest BCUT2D eigenvalue weighted by Gasteiger charge is 2.20. The number of rotatable bonds is 4. The van der Waals surface area contributed by atoms with Crippen LogP contribution in [0.3, 0.4) is 0 Å². The lowest BCUT2D eigenvalue weighted by molar-refractivity contribution is -0.139. The Labute approximate surface area is 112 Å². The van der Waals surface area contributed by atoms with E-state index in [0.29, 0.717) is 18.8 Å². The Kier molecular flexibility index (Phi) is 4.52. The van der Waals surface area contributed by atoms with Gasteiger partial charge in [-0.05, 0) is 12.1 Å². The molecule has 5 nitrogen and oxygen atoms in total. The van der Waals surface area contributed by atoms with Crippen molar-refractivity contribution >= 4 is 17.4 Å². The second kappa shape index (κ2) is 6.33. The molecule has 102 valence electrons. The van der Waals surface area contributed by atoms with Gasteiger partial charge in [-0.2, -0.15) is 0 Å². The third-order valence-electron chi connectivity index (χ3n) is 3.09. The van der Waals surface area contributed by atoms with Gasteiger partial charge in [-0.1, -0.05) is 12.1 Å². The zero-order chi connectivity index (χ0) is 13.7. The lowest BCUT2D eigenvalue weighted by Crippen LogP contribution is -2.37. The number of para-hydroxylation sites is 1. The first-order chi connectivity index (χ1) is 9.22. The number of carbonyl (C=O) groups excluding carboxylic acids is 2. The summed E-state index contributed by atoms with van der Waals surface area (Å²) < 4.78 is 9.84. The molecule has 0 amide bonds. The SMILES string of the molecule is COC(=O)CC(=O)c1ccccc1N1CCOCC1. The zero-order valence-corrected chi connectivity index (χ0v) is 10.9. The van der Waals surface area contributed by atoms with Crippen LogP contribution < -0.4 is 4.90 Å². The largest absolute Gasteiger partial charge is 0.469 e. The minimum Gasteiger partial charge on any atom is -0.469 e. The minimum atomic E-state index is -0.512. The lowest BCUT2D eigenvalue weighted by Gasteiger charge is -2.30. The molecule has 0 N–H and O–H groups in total. The summed E-state index contributed by atoms with van der Waals surface area (Å²) in [6.45, 7) is 2.81. The molecular weight excluding hydrogens is 246 g/mol. The van der Waals surface area contributed by atoms with Crippen molar-refractivity contribution in [2.45, 2.75) is 6.42 Å². The normalized spacial score (nSPS) is 15.1. The Hall–Kier alpha value is -1.88. The van der Waals surface area contributed by atoms with Crippen molar-refractivity contribution in [1.29, 1.82) is 0 Å². The fourth-order valence-electron chi connectivity index (χ4n) is 2.09. The number of carbonyl (C=O) groups is 2. The van der Waals surface area contributed by atoms with Crippen molar-refractivity contribution in [3.05, 3.63) is 29.8 Å². The number of benzene rings is 1. The van der Waals surface area contributed by atoms with Crippen LogP contribution in [-0.4, -0.2) is 45.2 Å². The Bertz CT molecular complexity index is 466. The Balaban J connectivity index is 2.20. The standard InChI is InChI=1S/C14H17NO4/c1-18-14(17)10-13(16)11-4-2-3-5-12(11)15-6-8-19-9-7-15/h2-5H,6-10H2,1H3. The summed E-state index contributed by atoms with van der Waals surface area (Å²) in [7, 11) is 1.28. The van der Waals surface area contributed by atoms with E-state index in [9.17, 15) is 9.59 Å². The summed E-state index contributed by atoms with van der Waals surface area (Å²) in [5.41, 5.74) is 1.43. The molecule has 0 bridgehead atoms. The summed E-state index contributed by atoms with van der Waals surface area (Å²) in [5, 5.41) is 0. The van der Waals surface area contributed by atoms with Crippen LogP contribution in [-0.2, 0) is 14.3 Å². The second-order valence-corrected chi connectivity index (χ2v) is 4.29. The predicted octanol–water partition coefficient (Wildman–Crippen LogP) is 1.27. The molecule has 1 fully saturated rings. The Morgan fingerprint density at radius 2 is 1.95 bits per heavy atom. The summed E-state index contributed by atoms with van der Waals surface area (Å²) in [6, 6.07) is 7.33. The van der Waals surface area contributed by atoms with Crippen LogP contribution in [0.1, 0.15) is 16.8 Å². The van der Waals surface area contributed by atoms with Gasteiger partial charge in [-0.25, -0.2) is 0 Å². The average Bonchev–Trinajstić information content (AvgIpc) is 2.48. The topological polar surface area (TPSA) is 55.8 Å². The highest BCUT2D eigenvalue weighted by atomic mass is 16.5. The molecule has 0 spiro atoms. The molecule has 0 atom stereocenters. The van der Waals surface area contributed by atoms with Crippen molar-refractivity contribution in [3.63, 3.8) is 0 Å². The number of ether oxygens (including phenoxy) is 2. The van der Waals surface area contributed by atoms with Gasteiger partial charge in [0, 0.05) is 24.3 Å². The number of hydrogen-bond donors (Lipinski definition) is 0. The maximum absolute atomic E-state index is 12.1. The molecule has 1 saturated heterocycles. The predicted molar refractivity (Wildman–Crippen MR) is 70.4 cm³/mol. The lowest BCUT2D eigenvalue weighted by atomic mass is 10.0. The Morgan fingerprint density at radius 1 is 1.26 bits per heavy atom. The van der Waals surface area contributed by atoms with Gasteiger partial charge in [0.1, 0.15) is 6.42 Å². The molecule has 0 unspecified atom stereocenters. The first-order valence-corrected chi connectivity index (χ1v) is 6.24. The number of morpholine rings is 1. The van der Waals surface area contributed by atoms with Gasteiger partial charge in [0.05, 0.1) is 20.3 Å². The van der Waals surface area contributed by atoms with Crippen molar-refractivity contribution < 1.29 is 19.1 Å². The third-order valence-corrected chi connectivity index (χ3v) is 3.09. The highest BCUT2D eigenvalue weighted by molar-refractivity contribution is 6.09. The minimum absolute atomic E-state index is 0.214. The first-order valence-electron chi connectivity index (χ1n) is 6.24. The quantitative estimate of drug-likeness (QED) is 0.465. The smallest absolute Gasteiger partial charge is 0.313 e. The van der Waals surface area contributed by atoms with E-state index in [1.807, 2.05) is 12.1 Å². The van der Waals surface area contributed by atoms with Gasteiger partial charge in [0.15, 0.2) is 5.78 Å². The van der Waals surface area contributed by atoms with Crippen molar-refractivity contribution in [2.24, 2.45) is 0 Å². The van der Waals surface area contributed by atoms with Crippen molar-refractivity contribution in [2.75, 3.05) is 38.3 Å². The van der Waals surface area contributed by atoms with Crippen LogP contribution in [0.25, 0.3) is 0 Å². The molecular formula is C14H17NO4. The Morgan fingerprint density at radius 3 is 2.63 bits per heavy atom. The van der Waals surface area contributed by atoms with Crippen LogP contribution in [0.15, 0.2) is 24.3 Å². The fraction of sp³-hybridized carbons (Fsp3) is 0.429. The molecule has 0 aliphatic carbocycles. The molecule has 1 aromatic rings. The highest BCUT2D eigenvalue weighted by Crippen LogP contribution is 2.22. The molecule has 0 radical (unpaired) electrons. The summed E-state index contributed by atoms with van der Waals surface area (Å²) in [4.78, 5) is 25.4. The number of Topliss-reactive ketones (excluding diaryl/α,β-unsaturated/α-hetero) is 1. The maximum atomic E-state index is 12.1. The fourth-order valence-corrected chi connectivity index (χ4v) is 2.09. The average molecular weight is 263 g/mol. The molecule has 1 aliphatic rings. The monoisotopic (exact) mass is 263 g/mol. The molecule has 19 heavy (non-hydrogen) atoms. The third kappa shape index (κ3) is 3.32. The first kappa shape index (κ1) is 13.5. The number of hydrogen-bond acceptors (Lipinski definition) is 5. The van der Waals surface area contributed by atoms with Gasteiger partial charge in [0.25, 0.3) is 0 Å². The van der Waals surface area contributed by atoms with E-state index in [2.05, 4.69) is 9.64 Å². The molecule has 1 heterocycles.